The standard InChI is InChI=1S/C13H19NO2S/c1-10(8-14)17(15,16)9-11-5-6-12-3-2-4-13(12)7-11/h5-7,10H,2-4,8-9,14H2,1H3. The first-order valence-corrected chi connectivity index (χ1v) is 7.77. The molecule has 0 spiro atoms. The molecule has 0 saturated heterocycles. The molecule has 0 radical (unpaired) electrons. The van der Waals surface area contributed by atoms with E-state index in [2.05, 4.69) is 6.07 Å². The van der Waals surface area contributed by atoms with E-state index in [-0.39, 0.29) is 12.3 Å². The third-order valence-electron chi connectivity index (χ3n) is 3.48. The number of aryl methyl sites for hydroxylation is 2. The van der Waals surface area contributed by atoms with E-state index in [4.69, 9.17) is 5.73 Å². The van der Waals surface area contributed by atoms with Gasteiger partial charge in [0.1, 0.15) is 0 Å². The van der Waals surface area contributed by atoms with Gasteiger partial charge in [-0.2, -0.15) is 0 Å². The number of rotatable bonds is 4. The number of fused-ring (bicyclic) bond motifs is 1. The number of nitrogens with two attached hydrogens (primary N) is 1. The van der Waals surface area contributed by atoms with E-state index in [1.807, 2.05) is 12.1 Å². The summed E-state index contributed by atoms with van der Waals surface area (Å²) in [7, 11) is -3.11. The first-order chi connectivity index (χ1) is 8.03. The molecular formula is C13H19NO2S. The second-order valence-corrected chi connectivity index (χ2v) is 7.23. The lowest BCUT2D eigenvalue weighted by Gasteiger charge is -2.11. The van der Waals surface area contributed by atoms with E-state index in [1.54, 1.807) is 6.92 Å². The van der Waals surface area contributed by atoms with Gasteiger partial charge in [-0.25, -0.2) is 8.42 Å². The van der Waals surface area contributed by atoms with Crippen molar-refractivity contribution in [2.75, 3.05) is 6.54 Å². The molecule has 0 aliphatic heterocycles. The quantitative estimate of drug-likeness (QED) is 0.883. The largest absolute Gasteiger partial charge is 0.329 e. The van der Waals surface area contributed by atoms with Crippen molar-refractivity contribution < 1.29 is 8.42 Å². The number of hydrogen-bond donors (Lipinski definition) is 1. The highest BCUT2D eigenvalue weighted by Crippen LogP contribution is 2.24. The monoisotopic (exact) mass is 253 g/mol. The van der Waals surface area contributed by atoms with Gasteiger partial charge in [-0.1, -0.05) is 18.2 Å². The van der Waals surface area contributed by atoms with Crippen LogP contribution in [0.15, 0.2) is 18.2 Å². The molecule has 1 atom stereocenters. The maximum atomic E-state index is 12.0. The Morgan fingerprint density at radius 3 is 2.71 bits per heavy atom. The van der Waals surface area contributed by atoms with Gasteiger partial charge < -0.3 is 5.73 Å². The molecule has 94 valence electrons. The van der Waals surface area contributed by atoms with Crippen molar-refractivity contribution in [1.29, 1.82) is 0 Å². The van der Waals surface area contributed by atoms with Crippen molar-refractivity contribution in [1.82, 2.24) is 0 Å². The summed E-state index contributed by atoms with van der Waals surface area (Å²) in [5, 5.41) is -0.462. The van der Waals surface area contributed by atoms with Crippen LogP contribution in [0.3, 0.4) is 0 Å². The van der Waals surface area contributed by atoms with Crippen molar-refractivity contribution in [3.63, 3.8) is 0 Å². The molecule has 17 heavy (non-hydrogen) atoms. The van der Waals surface area contributed by atoms with Gasteiger partial charge in [0, 0.05) is 6.54 Å². The number of hydrogen-bond acceptors (Lipinski definition) is 3. The fourth-order valence-corrected chi connectivity index (χ4v) is 3.46. The molecule has 1 aliphatic carbocycles. The van der Waals surface area contributed by atoms with Crippen LogP contribution in [0.25, 0.3) is 0 Å². The molecule has 0 aromatic heterocycles. The van der Waals surface area contributed by atoms with E-state index in [0.29, 0.717) is 0 Å². The first-order valence-electron chi connectivity index (χ1n) is 6.05. The molecule has 0 bridgehead atoms. The van der Waals surface area contributed by atoms with E-state index in [1.165, 1.54) is 17.5 Å². The van der Waals surface area contributed by atoms with E-state index < -0.39 is 15.1 Å². The average molecular weight is 253 g/mol. The second kappa shape index (κ2) is 4.78. The van der Waals surface area contributed by atoms with Crippen molar-refractivity contribution in [3.05, 3.63) is 34.9 Å². The highest BCUT2D eigenvalue weighted by atomic mass is 32.2. The fraction of sp³-hybridized carbons (Fsp3) is 0.538. The summed E-state index contributed by atoms with van der Waals surface area (Å²) in [4.78, 5) is 0. The lowest BCUT2D eigenvalue weighted by molar-refractivity contribution is 0.583. The summed E-state index contributed by atoms with van der Waals surface area (Å²) in [6, 6.07) is 6.05. The first kappa shape index (κ1) is 12.6. The Morgan fingerprint density at radius 1 is 1.29 bits per heavy atom. The van der Waals surface area contributed by atoms with Crippen LogP contribution >= 0.6 is 0 Å². The minimum Gasteiger partial charge on any atom is -0.329 e. The molecule has 1 aromatic rings. The summed E-state index contributed by atoms with van der Waals surface area (Å²) in [6.45, 7) is 1.86. The molecule has 1 unspecified atom stereocenters. The average Bonchev–Trinajstić information content (AvgIpc) is 2.74. The second-order valence-electron chi connectivity index (χ2n) is 4.81. The number of benzene rings is 1. The molecule has 4 heteroatoms. The van der Waals surface area contributed by atoms with Crippen LogP contribution < -0.4 is 5.73 Å². The van der Waals surface area contributed by atoms with Crippen molar-refractivity contribution in [3.8, 4) is 0 Å². The Balaban J connectivity index is 2.20. The smallest absolute Gasteiger partial charge is 0.158 e. The van der Waals surface area contributed by atoms with Gasteiger partial charge in [0.15, 0.2) is 9.84 Å². The van der Waals surface area contributed by atoms with Gasteiger partial charge in [0.05, 0.1) is 11.0 Å². The molecule has 0 fully saturated rings. The van der Waals surface area contributed by atoms with Gasteiger partial charge in [-0.3, -0.25) is 0 Å². The van der Waals surface area contributed by atoms with Crippen LogP contribution in [0.5, 0.6) is 0 Å². The third-order valence-corrected chi connectivity index (χ3v) is 5.63. The van der Waals surface area contributed by atoms with Gasteiger partial charge in [-0.05, 0) is 42.9 Å². The van der Waals surface area contributed by atoms with Gasteiger partial charge in [-0.15, -0.1) is 0 Å². The predicted octanol–water partition coefficient (Wildman–Crippen LogP) is 1.44. The molecule has 2 rings (SSSR count). The highest BCUT2D eigenvalue weighted by molar-refractivity contribution is 7.91. The van der Waals surface area contributed by atoms with Gasteiger partial charge in [0.25, 0.3) is 0 Å². The topological polar surface area (TPSA) is 60.2 Å². The highest BCUT2D eigenvalue weighted by Gasteiger charge is 2.20. The Labute approximate surface area is 103 Å². The van der Waals surface area contributed by atoms with Gasteiger partial charge in [0.2, 0.25) is 0 Å². The zero-order valence-electron chi connectivity index (χ0n) is 10.1. The van der Waals surface area contributed by atoms with Crippen molar-refractivity contribution in [2.24, 2.45) is 5.73 Å². The molecule has 3 nitrogen and oxygen atoms in total. The Morgan fingerprint density at radius 2 is 2.00 bits per heavy atom. The van der Waals surface area contributed by atoms with Crippen molar-refractivity contribution in [2.45, 2.75) is 37.2 Å². The van der Waals surface area contributed by atoms with Crippen LogP contribution in [-0.2, 0) is 28.4 Å². The SMILES string of the molecule is CC(CN)S(=O)(=O)Cc1ccc2c(c1)CCC2. The predicted molar refractivity (Wildman–Crippen MR) is 69.6 cm³/mol. The lowest BCUT2D eigenvalue weighted by atomic mass is 10.1. The molecule has 2 N–H and O–H groups in total. The number of sulfone groups is 1. The van der Waals surface area contributed by atoms with E-state index in [0.717, 1.165) is 18.4 Å². The summed E-state index contributed by atoms with van der Waals surface area (Å²) >= 11 is 0. The minimum atomic E-state index is -3.11. The fourth-order valence-electron chi connectivity index (χ4n) is 2.24. The van der Waals surface area contributed by atoms with Crippen LogP contribution in [0.2, 0.25) is 0 Å². The molecule has 1 aromatic carbocycles. The molecule has 0 amide bonds. The van der Waals surface area contributed by atoms with Crippen LogP contribution in [0.1, 0.15) is 30.0 Å². The maximum Gasteiger partial charge on any atom is 0.158 e. The minimum absolute atomic E-state index is 0.110. The van der Waals surface area contributed by atoms with Crippen LogP contribution in [-0.4, -0.2) is 20.2 Å². The Hall–Kier alpha value is -0.870. The van der Waals surface area contributed by atoms with E-state index in [9.17, 15) is 8.42 Å². The van der Waals surface area contributed by atoms with Crippen LogP contribution in [0, 0.1) is 0 Å². The lowest BCUT2D eigenvalue weighted by Crippen LogP contribution is -2.27. The van der Waals surface area contributed by atoms with Gasteiger partial charge >= 0.3 is 0 Å². The van der Waals surface area contributed by atoms with E-state index >= 15 is 0 Å². The van der Waals surface area contributed by atoms with Crippen molar-refractivity contribution >= 4 is 9.84 Å². The maximum absolute atomic E-state index is 12.0. The third kappa shape index (κ3) is 2.69. The zero-order chi connectivity index (χ0) is 12.5. The zero-order valence-corrected chi connectivity index (χ0v) is 11.0. The summed E-state index contributed by atoms with van der Waals surface area (Å²) in [5.74, 6) is 0.110. The van der Waals surface area contributed by atoms with Crippen LogP contribution in [0.4, 0.5) is 0 Å². The molecular weight excluding hydrogens is 234 g/mol. The summed E-state index contributed by atoms with van der Waals surface area (Å²) in [5.41, 5.74) is 9.01. The molecule has 0 saturated carbocycles. The summed E-state index contributed by atoms with van der Waals surface area (Å²) in [6.07, 6.45) is 3.39. The summed E-state index contributed by atoms with van der Waals surface area (Å²) < 4.78 is 23.9. The normalized spacial score (nSPS) is 16.8. The molecule has 1 aliphatic rings. The Kier molecular flexibility index (Phi) is 3.54. The molecule has 0 heterocycles. The Bertz CT molecular complexity index is 508.